The highest BCUT2D eigenvalue weighted by atomic mass is 79.9. The number of aryl methyl sites for hydroxylation is 1. The molecule has 0 spiro atoms. The van der Waals surface area contributed by atoms with Crippen LogP contribution in [0.25, 0.3) is 6.08 Å². The van der Waals surface area contributed by atoms with Crippen LogP contribution in [-0.4, -0.2) is 42.1 Å². The van der Waals surface area contributed by atoms with E-state index in [9.17, 15) is 19.2 Å². The van der Waals surface area contributed by atoms with Crippen molar-refractivity contribution in [2.45, 2.75) is 13.8 Å². The molecule has 10 heteroatoms. The summed E-state index contributed by atoms with van der Waals surface area (Å²) in [7, 11) is 0. The minimum atomic E-state index is -1.16. The van der Waals surface area contributed by atoms with Crippen LogP contribution < -0.4 is 19.7 Å². The summed E-state index contributed by atoms with van der Waals surface area (Å²) in [5, 5.41) is 11.1. The van der Waals surface area contributed by atoms with Crippen molar-refractivity contribution in [1.82, 2.24) is 5.32 Å². The molecule has 0 radical (unpaired) electrons. The molecular formula is C22H19BrN2O7. The van der Waals surface area contributed by atoms with E-state index in [1.165, 1.54) is 12.1 Å². The Kier molecular flexibility index (Phi) is 6.94. The molecule has 1 saturated heterocycles. The van der Waals surface area contributed by atoms with Gasteiger partial charge in [0.15, 0.2) is 18.1 Å². The molecule has 0 atom stereocenters. The third-order valence-electron chi connectivity index (χ3n) is 4.44. The summed E-state index contributed by atoms with van der Waals surface area (Å²) in [5.41, 5.74) is 1.20. The zero-order valence-electron chi connectivity index (χ0n) is 17.2. The van der Waals surface area contributed by atoms with Crippen molar-refractivity contribution < 1.29 is 33.8 Å². The molecule has 0 bridgehead atoms. The van der Waals surface area contributed by atoms with Crippen LogP contribution in [0.3, 0.4) is 0 Å². The lowest BCUT2D eigenvalue weighted by Gasteiger charge is -2.27. The minimum absolute atomic E-state index is 0.174. The second-order valence-corrected chi connectivity index (χ2v) is 7.54. The van der Waals surface area contributed by atoms with Gasteiger partial charge >= 0.3 is 12.0 Å². The highest BCUT2D eigenvalue weighted by Gasteiger charge is 2.37. The maximum atomic E-state index is 13.1. The average Bonchev–Trinajstić information content (AvgIpc) is 2.72. The summed E-state index contributed by atoms with van der Waals surface area (Å²) in [5.74, 6) is -2.35. The smallest absolute Gasteiger partial charge is 0.341 e. The molecule has 1 heterocycles. The third-order valence-corrected chi connectivity index (χ3v) is 5.03. The largest absolute Gasteiger partial charge is 0.490 e. The summed E-state index contributed by atoms with van der Waals surface area (Å²) in [6.07, 6.45) is 1.32. The number of nitrogens with zero attached hydrogens (tertiary/aromatic N) is 1. The number of ether oxygens (including phenoxy) is 2. The number of halogens is 1. The molecule has 4 amide bonds. The van der Waals surface area contributed by atoms with Crippen molar-refractivity contribution >= 4 is 51.5 Å². The molecule has 166 valence electrons. The molecule has 0 unspecified atom stereocenters. The highest BCUT2D eigenvalue weighted by Crippen LogP contribution is 2.38. The van der Waals surface area contributed by atoms with Gasteiger partial charge in [-0.2, -0.15) is 0 Å². The number of hydrogen-bond donors (Lipinski definition) is 2. The molecule has 0 saturated carbocycles. The molecule has 9 nitrogen and oxygen atoms in total. The van der Waals surface area contributed by atoms with E-state index in [0.29, 0.717) is 21.3 Å². The van der Waals surface area contributed by atoms with Crippen LogP contribution in [0.1, 0.15) is 18.1 Å². The summed E-state index contributed by atoms with van der Waals surface area (Å²) in [6.45, 7) is 3.18. The Labute approximate surface area is 191 Å². The van der Waals surface area contributed by atoms with Gasteiger partial charge < -0.3 is 14.6 Å². The fourth-order valence-electron chi connectivity index (χ4n) is 3.07. The van der Waals surface area contributed by atoms with Crippen molar-refractivity contribution in [2.24, 2.45) is 0 Å². The Bertz CT molecular complexity index is 1140. The van der Waals surface area contributed by atoms with E-state index >= 15 is 0 Å². The van der Waals surface area contributed by atoms with E-state index in [4.69, 9.17) is 14.6 Å². The van der Waals surface area contributed by atoms with Crippen LogP contribution >= 0.6 is 15.9 Å². The van der Waals surface area contributed by atoms with Gasteiger partial charge in [-0.05, 0) is 65.2 Å². The normalized spacial score (nSPS) is 15.0. The molecular weight excluding hydrogens is 484 g/mol. The molecule has 0 aliphatic carbocycles. The van der Waals surface area contributed by atoms with E-state index in [2.05, 4.69) is 21.2 Å². The number of imide groups is 2. The second kappa shape index (κ2) is 9.65. The number of anilines is 1. The third kappa shape index (κ3) is 4.80. The number of urea groups is 1. The van der Waals surface area contributed by atoms with Gasteiger partial charge in [-0.15, -0.1) is 0 Å². The number of benzene rings is 2. The van der Waals surface area contributed by atoms with Crippen LogP contribution in [0.15, 0.2) is 46.4 Å². The Balaban J connectivity index is 2.03. The van der Waals surface area contributed by atoms with Gasteiger partial charge in [-0.3, -0.25) is 14.9 Å². The first-order valence-electron chi connectivity index (χ1n) is 9.51. The fourth-order valence-corrected chi connectivity index (χ4v) is 3.64. The number of carboxylic acids is 1. The molecule has 2 aromatic carbocycles. The molecule has 2 N–H and O–H groups in total. The van der Waals surface area contributed by atoms with Crippen molar-refractivity contribution in [1.29, 1.82) is 0 Å². The number of barbiturate groups is 1. The van der Waals surface area contributed by atoms with Crippen LogP contribution in [0, 0.1) is 6.92 Å². The van der Waals surface area contributed by atoms with Crippen molar-refractivity contribution in [3.63, 3.8) is 0 Å². The fraction of sp³-hybridized carbons (Fsp3) is 0.182. The number of nitrogens with one attached hydrogen (secondary N) is 1. The van der Waals surface area contributed by atoms with Crippen molar-refractivity contribution in [3.05, 3.63) is 57.6 Å². The van der Waals surface area contributed by atoms with Gasteiger partial charge in [0.2, 0.25) is 0 Å². The van der Waals surface area contributed by atoms with Gasteiger partial charge in [0.1, 0.15) is 5.57 Å². The average molecular weight is 503 g/mol. The number of para-hydroxylation sites is 1. The maximum absolute atomic E-state index is 13.1. The van der Waals surface area contributed by atoms with Crippen LogP contribution in [0.5, 0.6) is 11.5 Å². The standard InChI is InChI=1S/C22H19BrN2O7/c1-3-31-17-10-13(9-15(23)19(17)32-11-18(26)27)8-14-20(28)24-22(30)25(21(14)29)16-7-5-4-6-12(16)2/h4-10H,3,11H2,1-2H3,(H,26,27)(H,24,28,30)/b14-8+. The SMILES string of the molecule is CCOc1cc(/C=C2\C(=O)NC(=O)N(c3ccccc3C)C2=O)cc(Br)c1OCC(=O)O. The zero-order valence-corrected chi connectivity index (χ0v) is 18.8. The Morgan fingerprint density at radius 2 is 1.91 bits per heavy atom. The first-order chi connectivity index (χ1) is 15.2. The zero-order chi connectivity index (χ0) is 23.4. The van der Waals surface area contributed by atoms with Crippen molar-refractivity contribution in [3.8, 4) is 11.5 Å². The predicted octanol–water partition coefficient (Wildman–Crippen LogP) is 3.29. The second-order valence-electron chi connectivity index (χ2n) is 6.69. The molecule has 1 aliphatic heterocycles. The van der Waals surface area contributed by atoms with E-state index < -0.39 is 30.4 Å². The number of rotatable bonds is 7. The summed E-state index contributed by atoms with van der Waals surface area (Å²) in [4.78, 5) is 49.7. The predicted molar refractivity (Wildman–Crippen MR) is 119 cm³/mol. The van der Waals surface area contributed by atoms with E-state index in [1.54, 1.807) is 44.2 Å². The Morgan fingerprint density at radius 3 is 2.56 bits per heavy atom. The molecule has 1 aliphatic rings. The monoisotopic (exact) mass is 502 g/mol. The van der Waals surface area contributed by atoms with Gasteiger partial charge in [0.05, 0.1) is 16.8 Å². The Hall–Kier alpha value is -3.66. The van der Waals surface area contributed by atoms with Crippen LogP contribution in [-0.2, 0) is 14.4 Å². The van der Waals surface area contributed by atoms with Gasteiger partial charge in [-0.1, -0.05) is 18.2 Å². The molecule has 32 heavy (non-hydrogen) atoms. The minimum Gasteiger partial charge on any atom is -0.490 e. The number of carbonyl (C=O) groups excluding carboxylic acids is 3. The number of aliphatic carboxylic acids is 1. The quantitative estimate of drug-likeness (QED) is 0.439. The lowest BCUT2D eigenvalue weighted by Crippen LogP contribution is -2.54. The van der Waals surface area contributed by atoms with Gasteiger partial charge in [-0.25, -0.2) is 14.5 Å². The number of carbonyl (C=O) groups is 4. The van der Waals surface area contributed by atoms with Crippen LogP contribution in [0.4, 0.5) is 10.5 Å². The van der Waals surface area contributed by atoms with Gasteiger partial charge in [0.25, 0.3) is 11.8 Å². The first-order valence-corrected chi connectivity index (χ1v) is 10.3. The maximum Gasteiger partial charge on any atom is 0.341 e. The lowest BCUT2D eigenvalue weighted by molar-refractivity contribution is -0.139. The topological polar surface area (TPSA) is 122 Å². The highest BCUT2D eigenvalue weighted by molar-refractivity contribution is 9.10. The molecule has 1 fully saturated rings. The number of amides is 4. The summed E-state index contributed by atoms with van der Waals surface area (Å²) < 4.78 is 11.2. The van der Waals surface area contributed by atoms with Gasteiger partial charge in [0, 0.05) is 0 Å². The lowest BCUT2D eigenvalue weighted by atomic mass is 10.1. The van der Waals surface area contributed by atoms with E-state index in [-0.39, 0.29) is 23.7 Å². The number of hydrogen-bond acceptors (Lipinski definition) is 6. The van der Waals surface area contributed by atoms with E-state index in [0.717, 1.165) is 4.90 Å². The molecule has 2 aromatic rings. The van der Waals surface area contributed by atoms with Crippen molar-refractivity contribution in [2.75, 3.05) is 18.1 Å². The number of carboxylic acid groups (broad SMARTS) is 1. The van der Waals surface area contributed by atoms with E-state index in [1.807, 2.05) is 0 Å². The molecule has 0 aromatic heterocycles. The summed E-state index contributed by atoms with van der Waals surface area (Å²) in [6, 6.07) is 9.03. The molecule has 3 rings (SSSR count). The van der Waals surface area contributed by atoms with Crippen LogP contribution in [0.2, 0.25) is 0 Å². The first kappa shape index (κ1) is 23.0. The summed E-state index contributed by atoms with van der Waals surface area (Å²) >= 11 is 3.30. The Morgan fingerprint density at radius 1 is 1.19 bits per heavy atom.